The average molecular weight is 266 g/mol. The van der Waals surface area contributed by atoms with Crippen LogP contribution in [0.15, 0.2) is 30.3 Å². The van der Waals surface area contributed by atoms with Crippen LogP contribution in [0.2, 0.25) is 0 Å². The normalized spacial score (nSPS) is 13.8. The van der Waals surface area contributed by atoms with Crippen LogP contribution in [0.5, 0.6) is 0 Å². The van der Waals surface area contributed by atoms with Gasteiger partial charge in [-0.2, -0.15) is 0 Å². The van der Waals surface area contributed by atoms with Gasteiger partial charge in [0.15, 0.2) is 0 Å². The van der Waals surface area contributed by atoms with Crippen molar-refractivity contribution >= 4 is 5.97 Å². The van der Waals surface area contributed by atoms with Gasteiger partial charge >= 0.3 is 5.97 Å². The van der Waals surface area contributed by atoms with Crippen molar-refractivity contribution in [2.24, 2.45) is 5.92 Å². The second-order valence-electron chi connectivity index (χ2n) is 4.56. The van der Waals surface area contributed by atoms with E-state index in [1.54, 1.807) is 6.92 Å². The van der Waals surface area contributed by atoms with Crippen LogP contribution in [0.3, 0.4) is 0 Å². The van der Waals surface area contributed by atoms with Gasteiger partial charge in [0.1, 0.15) is 0 Å². The Morgan fingerprint density at radius 2 is 2.00 bits per heavy atom. The molecule has 0 saturated heterocycles. The van der Waals surface area contributed by atoms with E-state index in [2.05, 4.69) is 4.74 Å². The first-order valence-electron chi connectivity index (χ1n) is 6.52. The molecule has 0 aliphatic heterocycles. The van der Waals surface area contributed by atoms with E-state index in [-0.39, 0.29) is 5.97 Å². The number of esters is 1. The van der Waals surface area contributed by atoms with Crippen molar-refractivity contribution in [1.29, 1.82) is 0 Å². The molecule has 1 N–H and O–H groups in total. The fourth-order valence-electron chi connectivity index (χ4n) is 1.75. The molecule has 4 nitrogen and oxygen atoms in total. The highest BCUT2D eigenvalue weighted by Crippen LogP contribution is 2.11. The SMILES string of the molecule is COC(=O)C(C)C(O)CCCOCc1ccccc1. The molecule has 0 spiro atoms. The fraction of sp³-hybridized carbons (Fsp3) is 0.533. The summed E-state index contributed by atoms with van der Waals surface area (Å²) in [6.45, 7) is 2.81. The minimum Gasteiger partial charge on any atom is -0.469 e. The third-order valence-corrected chi connectivity index (χ3v) is 3.05. The number of hydrogen-bond acceptors (Lipinski definition) is 4. The molecule has 0 aromatic heterocycles. The monoisotopic (exact) mass is 266 g/mol. The Kier molecular flexibility index (Phi) is 7.15. The molecule has 4 heteroatoms. The summed E-state index contributed by atoms with van der Waals surface area (Å²) in [5.74, 6) is -0.864. The lowest BCUT2D eigenvalue weighted by Gasteiger charge is -2.16. The average Bonchev–Trinajstić information content (AvgIpc) is 2.46. The van der Waals surface area contributed by atoms with Gasteiger partial charge in [-0.1, -0.05) is 30.3 Å². The lowest BCUT2D eigenvalue weighted by molar-refractivity contribution is -0.148. The van der Waals surface area contributed by atoms with Crippen molar-refractivity contribution in [2.45, 2.75) is 32.5 Å². The van der Waals surface area contributed by atoms with E-state index in [9.17, 15) is 9.90 Å². The van der Waals surface area contributed by atoms with Gasteiger partial charge in [-0.05, 0) is 25.3 Å². The molecular weight excluding hydrogens is 244 g/mol. The third-order valence-electron chi connectivity index (χ3n) is 3.05. The zero-order valence-corrected chi connectivity index (χ0v) is 11.5. The van der Waals surface area contributed by atoms with E-state index in [1.807, 2.05) is 30.3 Å². The topological polar surface area (TPSA) is 55.8 Å². The smallest absolute Gasteiger partial charge is 0.311 e. The van der Waals surface area contributed by atoms with Gasteiger partial charge in [-0.3, -0.25) is 4.79 Å². The highest BCUT2D eigenvalue weighted by atomic mass is 16.5. The molecule has 2 atom stereocenters. The van der Waals surface area contributed by atoms with Crippen LogP contribution in [0.1, 0.15) is 25.3 Å². The third kappa shape index (κ3) is 5.85. The van der Waals surface area contributed by atoms with E-state index in [1.165, 1.54) is 7.11 Å². The maximum atomic E-state index is 11.2. The Labute approximate surface area is 114 Å². The van der Waals surface area contributed by atoms with Crippen LogP contribution in [-0.4, -0.2) is 30.9 Å². The highest BCUT2D eigenvalue weighted by Gasteiger charge is 2.21. The molecule has 0 amide bonds. The van der Waals surface area contributed by atoms with Gasteiger partial charge in [0.25, 0.3) is 0 Å². The molecule has 1 aromatic rings. The summed E-state index contributed by atoms with van der Waals surface area (Å²) >= 11 is 0. The molecule has 1 rings (SSSR count). The molecule has 0 bridgehead atoms. The molecule has 0 aliphatic carbocycles. The minimum atomic E-state index is -0.673. The predicted molar refractivity (Wildman–Crippen MR) is 72.5 cm³/mol. The summed E-state index contributed by atoms with van der Waals surface area (Å²) in [4.78, 5) is 11.2. The molecule has 19 heavy (non-hydrogen) atoms. The van der Waals surface area contributed by atoms with Gasteiger partial charge in [0, 0.05) is 6.61 Å². The van der Waals surface area contributed by atoms with Gasteiger partial charge in [-0.25, -0.2) is 0 Å². The molecule has 0 fully saturated rings. The number of ether oxygens (including phenoxy) is 2. The zero-order valence-electron chi connectivity index (χ0n) is 11.5. The van der Waals surface area contributed by atoms with Crippen LogP contribution in [0.4, 0.5) is 0 Å². The quantitative estimate of drug-likeness (QED) is 0.578. The highest BCUT2D eigenvalue weighted by molar-refractivity contribution is 5.72. The lowest BCUT2D eigenvalue weighted by Crippen LogP contribution is -2.26. The number of hydrogen-bond donors (Lipinski definition) is 1. The van der Waals surface area contributed by atoms with Crippen LogP contribution in [-0.2, 0) is 20.9 Å². The van der Waals surface area contributed by atoms with Gasteiger partial charge in [-0.15, -0.1) is 0 Å². The molecule has 0 radical (unpaired) electrons. The Bertz CT molecular complexity index is 364. The lowest BCUT2D eigenvalue weighted by atomic mass is 10.0. The van der Waals surface area contributed by atoms with E-state index < -0.39 is 12.0 Å². The largest absolute Gasteiger partial charge is 0.469 e. The molecule has 2 unspecified atom stereocenters. The second kappa shape index (κ2) is 8.67. The number of carbonyl (C=O) groups is 1. The molecule has 0 heterocycles. The summed E-state index contributed by atoms with van der Waals surface area (Å²) in [5.41, 5.74) is 1.13. The Morgan fingerprint density at radius 3 is 2.63 bits per heavy atom. The summed E-state index contributed by atoms with van der Waals surface area (Å²) < 4.78 is 10.1. The molecule has 0 saturated carbocycles. The van der Waals surface area contributed by atoms with E-state index >= 15 is 0 Å². The van der Waals surface area contributed by atoms with Crippen molar-refractivity contribution in [3.63, 3.8) is 0 Å². The van der Waals surface area contributed by atoms with Crippen molar-refractivity contribution in [3.05, 3.63) is 35.9 Å². The van der Waals surface area contributed by atoms with E-state index in [0.717, 1.165) is 12.0 Å². The number of benzene rings is 1. The van der Waals surface area contributed by atoms with Crippen molar-refractivity contribution in [1.82, 2.24) is 0 Å². The summed E-state index contributed by atoms with van der Waals surface area (Å²) in [6, 6.07) is 9.93. The molecular formula is C15H22O4. The predicted octanol–water partition coefficient (Wildman–Crippen LogP) is 2.15. The zero-order chi connectivity index (χ0) is 14.1. The number of rotatable bonds is 8. The van der Waals surface area contributed by atoms with E-state index in [0.29, 0.717) is 19.6 Å². The Morgan fingerprint density at radius 1 is 1.32 bits per heavy atom. The summed E-state index contributed by atoms with van der Waals surface area (Å²) in [7, 11) is 1.33. The number of carbonyl (C=O) groups excluding carboxylic acids is 1. The number of methoxy groups -OCH3 is 1. The summed E-state index contributed by atoms with van der Waals surface area (Å²) in [5, 5.41) is 9.78. The van der Waals surface area contributed by atoms with Gasteiger partial charge < -0.3 is 14.6 Å². The number of aliphatic hydroxyl groups excluding tert-OH is 1. The molecule has 1 aromatic carbocycles. The first-order chi connectivity index (χ1) is 9.15. The first-order valence-corrected chi connectivity index (χ1v) is 6.52. The van der Waals surface area contributed by atoms with Gasteiger partial charge in [0.2, 0.25) is 0 Å². The van der Waals surface area contributed by atoms with Crippen LogP contribution in [0.25, 0.3) is 0 Å². The van der Waals surface area contributed by atoms with Crippen molar-refractivity contribution in [3.8, 4) is 0 Å². The Balaban J connectivity index is 2.12. The second-order valence-corrected chi connectivity index (χ2v) is 4.56. The van der Waals surface area contributed by atoms with Crippen LogP contribution >= 0.6 is 0 Å². The minimum absolute atomic E-state index is 0.377. The first kappa shape index (κ1) is 15.7. The molecule has 0 aliphatic rings. The maximum Gasteiger partial charge on any atom is 0.311 e. The van der Waals surface area contributed by atoms with E-state index in [4.69, 9.17) is 4.74 Å². The maximum absolute atomic E-state index is 11.2. The van der Waals surface area contributed by atoms with Crippen molar-refractivity contribution < 1.29 is 19.4 Å². The summed E-state index contributed by atoms with van der Waals surface area (Å²) in [6.07, 6.45) is 0.577. The fourth-order valence-corrected chi connectivity index (χ4v) is 1.75. The standard InChI is InChI=1S/C15H22O4/c1-12(15(17)18-2)14(16)9-6-10-19-11-13-7-4-3-5-8-13/h3-5,7-8,12,14,16H,6,9-11H2,1-2H3. The van der Waals surface area contributed by atoms with Crippen LogP contribution in [0, 0.1) is 5.92 Å². The van der Waals surface area contributed by atoms with Gasteiger partial charge in [0.05, 0.1) is 25.7 Å². The molecule has 106 valence electrons. The van der Waals surface area contributed by atoms with Crippen molar-refractivity contribution in [2.75, 3.05) is 13.7 Å². The Hall–Kier alpha value is -1.39. The number of aliphatic hydroxyl groups is 1. The van der Waals surface area contributed by atoms with Crippen LogP contribution < -0.4 is 0 Å².